The number of hydrogen-bond donors (Lipinski definition) is 1. The highest BCUT2D eigenvalue weighted by Crippen LogP contribution is 2.25. The van der Waals surface area contributed by atoms with Crippen molar-refractivity contribution in [2.75, 3.05) is 0 Å². The number of benzene rings is 2. The fourth-order valence-corrected chi connectivity index (χ4v) is 3.78. The Hall–Kier alpha value is -1.75. The summed E-state index contributed by atoms with van der Waals surface area (Å²) in [6, 6.07) is 11.7. The molecule has 4 nitrogen and oxygen atoms in total. The molecule has 0 fully saturated rings. The summed E-state index contributed by atoms with van der Waals surface area (Å²) >= 11 is 18.6. The lowest BCUT2D eigenvalue weighted by molar-refractivity contribution is -0.141. The average molecular weight is 470 g/mol. The van der Waals surface area contributed by atoms with Crippen LogP contribution in [0.15, 0.2) is 42.5 Å². The predicted octanol–water partition coefficient (Wildman–Crippen LogP) is 5.91. The maximum absolute atomic E-state index is 13.3. The van der Waals surface area contributed by atoms with Crippen LogP contribution in [-0.4, -0.2) is 28.3 Å². The highest BCUT2D eigenvalue weighted by atomic mass is 35.5. The zero-order valence-corrected chi connectivity index (χ0v) is 19.9. The molecule has 0 saturated heterocycles. The number of nitrogens with zero attached hydrogens (tertiary/aromatic N) is 1. The van der Waals surface area contributed by atoms with E-state index in [2.05, 4.69) is 5.32 Å². The van der Waals surface area contributed by atoms with Gasteiger partial charge in [-0.3, -0.25) is 9.59 Å². The molecule has 0 aliphatic rings. The van der Waals surface area contributed by atoms with Crippen LogP contribution in [0, 0.1) is 0 Å². The van der Waals surface area contributed by atoms with Crippen molar-refractivity contribution < 1.29 is 9.59 Å². The van der Waals surface area contributed by atoms with E-state index in [9.17, 15) is 9.59 Å². The first-order valence-corrected chi connectivity index (χ1v) is 10.9. The predicted molar refractivity (Wildman–Crippen MR) is 124 cm³/mol. The van der Waals surface area contributed by atoms with E-state index in [0.717, 1.165) is 5.56 Å². The Morgan fingerprint density at radius 2 is 1.67 bits per heavy atom. The van der Waals surface area contributed by atoms with Crippen LogP contribution in [-0.2, 0) is 22.6 Å². The molecular weight excluding hydrogens is 443 g/mol. The molecule has 0 spiro atoms. The maximum Gasteiger partial charge on any atom is 0.243 e. The average Bonchev–Trinajstić information content (AvgIpc) is 2.63. The van der Waals surface area contributed by atoms with Gasteiger partial charge in [0.15, 0.2) is 0 Å². The fourth-order valence-electron chi connectivity index (χ4n) is 3.11. The number of halogens is 3. The van der Waals surface area contributed by atoms with Gasteiger partial charge in [0.2, 0.25) is 11.8 Å². The van der Waals surface area contributed by atoms with Gasteiger partial charge in [-0.25, -0.2) is 0 Å². The van der Waals surface area contributed by atoms with Gasteiger partial charge in [-0.1, -0.05) is 66.0 Å². The molecule has 30 heavy (non-hydrogen) atoms. The van der Waals surface area contributed by atoms with Crippen molar-refractivity contribution in [3.8, 4) is 0 Å². The van der Waals surface area contributed by atoms with Crippen molar-refractivity contribution in [3.05, 3.63) is 68.7 Å². The van der Waals surface area contributed by atoms with Crippen LogP contribution in [0.25, 0.3) is 0 Å². The van der Waals surface area contributed by atoms with Crippen LogP contribution < -0.4 is 5.32 Å². The number of nitrogens with one attached hydrogen (secondary N) is 1. The molecule has 0 heterocycles. The lowest BCUT2D eigenvalue weighted by Crippen LogP contribution is -2.53. The summed E-state index contributed by atoms with van der Waals surface area (Å²) in [5.74, 6) is -0.410. The summed E-state index contributed by atoms with van der Waals surface area (Å²) in [7, 11) is 0. The Balaban J connectivity index is 2.38. The second-order valence-electron chi connectivity index (χ2n) is 8.19. The lowest BCUT2D eigenvalue weighted by Gasteiger charge is -2.33. The van der Waals surface area contributed by atoms with Gasteiger partial charge in [0.1, 0.15) is 6.04 Å². The number of carbonyl (C=O) groups excluding carboxylic acids is 2. The van der Waals surface area contributed by atoms with E-state index in [1.807, 2.05) is 45.9 Å². The minimum absolute atomic E-state index is 0.0875. The monoisotopic (exact) mass is 468 g/mol. The Kier molecular flexibility index (Phi) is 8.60. The summed E-state index contributed by atoms with van der Waals surface area (Å²) in [6.45, 7) is 7.79. The standard InChI is InChI=1S/C23H27Cl3N2O2/c1-5-20(22(30)27-23(2,3)4)28(14-16-10-11-17(24)13-19(16)26)21(29)12-15-8-6-7-9-18(15)25/h6-11,13,20H,5,12,14H2,1-4H3,(H,27,30)/t20-/m1/s1. The van der Waals surface area contributed by atoms with Gasteiger partial charge in [-0.05, 0) is 56.5 Å². The smallest absolute Gasteiger partial charge is 0.243 e. The third kappa shape index (κ3) is 6.90. The van der Waals surface area contributed by atoms with Crippen molar-refractivity contribution in [1.29, 1.82) is 0 Å². The van der Waals surface area contributed by atoms with Crippen molar-refractivity contribution in [3.63, 3.8) is 0 Å². The SMILES string of the molecule is CC[C@H](C(=O)NC(C)(C)C)N(Cc1ccc(Cl)cc1Cl)C(=O)Cc1ccccc1Cl. The molecule has 0 aliphatic carbocycles. The largest absolute Gasteiger partial charge is 0.350 e. The van der Waals surface area contributed by atoms with Crippen molar-refractivity contribution in [1.82, 2.24) is 10.2 Å². The van der Waals surface area contributed by atoms with Crippen molar-refractivity contribution in [2.45, 2.75) is 58.7 Å². The molecule has 162 valence electrons. The number of carbonyl (C=O) groups is 2. The van der Waals surface area contributed by atoms with Crippen LogP contribution >= 0.6 is 34.8 Å². The van der Waals surface area contributed by atoms with Gasteiger partial charge in [0.05, 0.1) is 6.42 Å². The first-order valence-electron chi connectivity index (χ1n) is 9.80. The van der Waals surface area contributed by atoms with Crippen LogP contribution in [0.2, 0.25) is 15.1 Å². The lowest BCUT2D eigenvalue weighted by atomic mass is 10.0. The van der Waals surface area contributed by atoms with Gasteiger partial charge < -0.3 is 10.2 Å². The van der Waals surface area contributed by atoms with Crippen molar-refractivity contribution >= 4 is 46.6 Å². The molecule has 0 bridgehead atoms. The maximum atomic E-state index is 13.3. The number of hydrogen-bond acceptors (Lipinski definition) is 2. The van der Waals surface area contributed by atoms with E-state index in [0.29, 0.717) is 27.1 Å². The minimum atomic E-state index is -0.647. The Labute approximate surface area is 193 Å². The molecular formula is C23H27Cl3N2O2. The third-order valence-corrected chi connectivity index (χ3v) is 5.50. The molecule has 1 atom stereocenters. The van der Waals surface area contributed by atoms with Crippen LogP contribution in [0.4, 0.5) is 0 Å². The summed E-state index contributed by atoms with van der Waals surface area (Å²) in [4.78, 5) is 27.9. The van der Waals surface area contributed by atoms with Crippen LogP contribution in [0.3, 0.4) is 0 Å². The first kappa shape index (κ1) is 24.5. The quantitative estimate of drug-likeness (QED) is 0.548. The Bertz CT molecular complexity index is 910. The highest BCUT2D eigenvalue weighted by molar-refractivity contribution is 6.35. The molecule has 0 saturated carbocycles. The van der Waals surface area contributed by atoms with E-state index in [1.165, 1.54) is 0 Å². The second-order valence-corrected chi connectivity index (χ2v) is 9.44. The zero-order valence-electron chi connectivity index (χ0n) is 17.6. The van der Waals surface area contributed by atoms with Crippen LogP contribution in [0.5, 0.6) is 0 Å². The number of amides is 2. The molecule has 0 unspecified atom stereocenters. The zero-order chi connectivity index (χ0) is 22.5. The summed E-state index contributed by atoms with van der Waals surface area (Å²) in [6.07, 6.45) is 0.547. The molecule has 0 aliphatic heterocycles. The topological polar surface area (TPSA) is 49.4 Å². The highest BCUT2D eigenvalue weighted by Gasteiger charge is 2.31. The van der Waals surface area contributed by atoms with Gasteiger partial charge in [0.25, 0.3) is 0 Å². The van der Waals surface area contributed by atoms with Crippen LogP contribution in [0.1, 0.15) is 45.2 Å². The summed E-state index contributed by atoms with van der Waals surface area (Å²) in [5, 5.41) is 4.45. The molecule has 7 heteroatoms. The Morgan fingerprint density at radius 3 is 2.23 bits per heavy atom. The molecule has 2 aromatic rings. The van der Waals surface area contributed by atoms with E-state index >= 15 is 0 Å². The van der Waals surface area contributed by atoms with E-state index in [4.69, 9.17) is 34.8 Å². The normalized spacial score (nSPS) is 12.4. The van der Waals surface area contributed by atoms with E-state index < -0.39 is 11.6 Å². The third-order valence-electron chi connectivity index (χ3n) is 4.54. The molecule has 2 rings (SSSR count). The molecule has 0 aromatic heterocycles. The molecule has 1 N–H and O–H groups in total. The van der Waals surface area contributed by atoms with Gasteiger partial charge in [-0.2, -0.15) is 0 Å². The number of rotatable bonds is 7. The van der Waals surface area contributed by atoms with Gasteiger partial charge in [-0.15, -0.1) is 0 Å². The van der Waals surface area contributed by atoms with Crippen molar-refractivity contribution in [2.24, 2.45) is 0 Å². The van der Waals surface area contributed by atoms with Gasteiger partial charge in [0, 0.05) is 27.2 Å². The van der Waals surface area contributed by atoms with E-state index in [-0.39, 0.29) is 24.8 Å². The summed E-state index contributed by atoms with van der Waals surface area (Å²) in [5.41, 5.74) is 1.01. The minimum Gasteiger partial charge on any atom is -0.350 e. The Morgan fingerprint density at radius 1 is 1.00 bits per heavy atom. The first-order chi connectivity index (χ1) is 14.0. The summed E-state index contributed by atoms with van der Waals surface area (Å²) < 4.78 is 0. The second kappa shape index (κ2) is 10.5. The fraction of sp³-hybridized carbons (Fsp3) is 0.391. The molecule has 2 amide bonds. The van der Waals surface area contributed by atoms with E-state index in [1.54, 1.807) is 29.2 Å². The van der Waals surface area contributed by atoms with Gasteiger partial charge >= 0.3 is 0 Å². The molecule has 0 radical (unpaired) electrons. The molecule has 2 aromatic carbocycles.